The number of aliphatic carboxylic acids is 1. The first-order valence-electron chi connectivity index (χ1n) is 11.9. The standard InChI is InChI=1S/C30H27NO4/c32-29(33)20-34-27-13-7-12-24-18-21(15-17-26(24)27)14-16-25-19-28(35-31-25)30(22-8-3-1-4-9-22)23-10-5-2-6-11-23/h1-14,16,19,21,30H,15,17-18,20H2,(H,32,33). The Morgan fingerprint density at radius 2 is 1.74 bits per heavy atom. The van der Waals surface area contributed by atoms with E-state index in [1.54, 1.807) is 0 Å². The number of hydrogen-bond donors (Lipinski definition) is 1. The molecule has 0 saturated heterocycles. The maximum atomic E-state index is 10.9. The summed E-state index contributed by atoms with van der Waals surface area (Å²) in [4.78, 5) is 10.9. The van der Waals surface area contributed by atoms with E-state index in [0.29, 0.717) is 11.7 Å². The summed E-state index contributed by atoms with van der Waals surface area (Å²) in [7, 11) is 0. The molecule has 0 radical (unpaired) electrons. The van der Waals surface area contributed by atoms with Gasteiger partial charge in [-0.2, -0.15) is 0 Å². The van der Waals surface area contributed by atoms with E-state index in [-0.39, 0.29) is 12.5 Å². The van der Waals surface area contributed by atoms with E-state index in [2.05, 4.69) is 41.6 Å². The van der Waals surface area contributed by atoms with Gasteiger partial charge in [0.2, 0.25) is 0 Å². The average Bonchev–Trinajstić information content (AvgIpc) is 3.36. The largest absolute Gasteiger partial charge is 0.482 e. The number of carboxylic acid groups (broad SMARTS) is 1. The lowest BCUT2D eigenvalue weighted by atomic mass is 9.83. The maximum absolute atomic E-state index is 10.9. The molecule has 1 aliphatic carbocycles. The lowest BCUT2D eigenvalue weighted by Crippen LogP contribution is -2.16. The molecule has 1 unspecified atom stereocenters. The molecule has 0 fully saturated rings. The molecule has 0 bridgehead atoms. The van der Waals surface area contributed by atoms with Crippen molar-refractivity contribution in [2.45, 2.75) is 25.2 Å². The van der Waals surface area contributed by atoms with Crippen LogP contribution in [0.3, 0.4) is 0 Å². The fourth-order valence-corrected chi connectivity index (χ4v) is 4.80. The summed E-state index contributed by atoms with van der Waals surface area (Å²) < 4.78 is 11.3. The van der Waals surface area contributed by atoms with Crippen molar-refractivity contribution in [1.29, 1.82) is 0 Å². The molecule has 4 aromatic rings. The number of fused-ring (bicyclic) bond motifs is 1. The molecular weight excluding hydrogens is 438 g/mol. The molecular formula is C30H27NO4. The molecule has 3 aromatic carbocycles. The minimum absolute atomic E-state index is 0.0159. The minimum Gasteiger partial charge on any atom is -0.482 e. The molecule has 0 saturated carbocycles. The number of allylic oxidation sites excluding steroid dienone is 1. The van der Waals surface area contributed by atoms with Gasteiger partial charge in [0.25, 0.3) is 0 Å². The van der Waals surface area contributed by atoms with Gasteiger partial charge in [0.15, 0.2) is 6.61 Å². The monoisotopic (exact) mass is 465 g/mol. The molecule has 5 heteroatoms. The van der Waals surface area contributed by atoms with E-state index < -0.39 is 5.97 Å². The van der Waals surface area contributed by atoms with Crippen LogP contribution in [0.25, 0.3) is 6.08 Å². The molecule has 1 atom stereocenters. The highest BCUT2D eigenvalue weighted by atomic mass is 16.5. The van der Waals surface area contributed by atoms with Crippen LogP contribution in [0.5, 0.6) is 5.75 Å². The number of aromatic nitrogens is 1. The van der Waals surface area contributed by atoms with E-state index >= 15 is 0 Å². The summed E-state index contributed by atoms with van der Waals surface area (Å²) in [5.74, 6) is 0.889. The molecule has 1 heterocycles. The maximum Gasteiger partial charge on any atom is 0.341 e. The smallest absolute Gasteiger partial charge is 0.341 e. The zero-order chi connectivity index (χ0) is 24.0. The highest BCUT2D eigenvalue weighted by molar-refractivity contribution is 5.68. The number of carboxylic acids is 1. The van der Waals surface area contributed by atoms with Crippen LogP contribution in [0.4, 0.5) is 0 Å². The number of benzene rings is 3. The second-order valence-corrected chi connectivity index (χ2v) is 8.85. The van der Waals surface area contributed by atoms with Crippen molar-refractivity contribution in [2.24, 2.45) is 5.92 Å². The number of ether oxygens (including phenoxy) is 1. The van der Waals surface area contributed by atoms with Crippen LogP contribution >= 0.6 is 0 Å². The quantitative estimate of drug-likeness (QED) is 0.339. The van der Waals surface area contributed by atoms with E-state index in [1.807, 2.05) is 60.7 Å². The highest BCUT2D eigenvalue weighted by Crippen LogP contribution is 2.34. The van der Waals surface area contributed by atoms with Crippen molar-refractivity contribution in [3.05, 3.63) is 125 Å². The first kappa shape index (κ1) is 22.7. The van der Waals surface area contributed by atoms with Crippen LogP contribution in [0.2, 0.25) is 0 Å². The first-order valence-corrected chi connectivity index (χ1v) is 11.9. The summed E-state index contributed by atoms with van der Waals surface area (Å²) >= 11 is 0. The number of rotatable bonds is 8. The van der Waals surface area contributed by atoms with Crippen LogP contribution < -0.4 is 4.74 Å². The van der Waals surface area contributed by atoms with Crippen LogP contribution in [0.1, 0.15) is 46.0 Å². The van der Waals surface area contributed by atoms with Crippen molar-refractivity contribution in [2.75, 3.05) is 6.61 Å². The first-order chi connectivity index (χ1) is 17.2. The zero-order valence-electron chi connectivity index (χ0n) is 19.3. The average molecular weight is 466 g/mol. The molecule has 1 N–H and O–H groups in total. The van der Waals surface area contributed by atoms with Gasteiger partial charge in [0.1, 0.15) is 17.2 Å². The van der Waals surface area contributed by atoms with Gasteiger partial charge in [-0.05, 0) is 59.6 Å². The fraction of sp³-hybridized carbons (Fsp3) is 0.200. The van der Waals surface area contributed by atoms with E-state index in [1.165, 1.54) is 5.56 Å². The summed E-state index contributed by atoms with van der Waals surface area (Å²) in [6, 6.07) is 28.6. The Kier molecular flexibility index (Phi) is 6.75. The van der Waals surface area contributed by atoms with Gasteiger partial charge < -0.3 is 14.4 Å². The Morgan fingerprint density at radius 1 is 1.03 bits per heavy atom. The van der Waals surface area contributed by atoms with Gasteiger partial charge in [-0.1, -0.05) is 84.0 Å². The Balaban J connectivity index is 1.32. The zero-order valence-corrected chi connectivity index (χ0v) is 19.3. The lowest BCUT2D eigenvalue weighted by Gasteiger charge is -2.24. The van der Waals surface area contributed by atoms with Gasteiger partial charge in [-0.3, -0.25) is 0 Å². The molecule has 5 rings (SSSR count). The van der Waals surface area contributed by atoms with Crippen molar-refractivity contribution in [1.82, 2.24) is 5.16 Å². The predicted octanol–water partition coefficient (Wildman–Crippen LogP) is 6.14. The molecule has 176 valence electrons. The second kappa shape index (κ2) is 10.4. The predicted molar refractivity (Wildman–Crippen MR) is 134 cm³/mol. The third-order valence-electron chi connectivity index (χ3n) is 6.46. The highest BCUT2D eigenvalue weighted by Gasteiger charge is 2.22. The molecule has 0 aliphatic heterocycles. The van der Waals surface area contributed by atoms with Gasteiger partial charge in [0, 0.05) is 6.07 Å². The summed E-state index contributed by atoms with van der Waals surface area (Å²) in [5, 5.41) is 13.3. The topological polar surface area (TPSA) is 72.6 Å². The third kappa shape index (κ3) is 5.35. The normalized spacial score (nSPS) is 15.3. The molecule has 1 aliphatic rings. The molecule has 0 amide bonds. The fourth-order valence-electron chi connectivity index (χ4n) is 4.80. The Bertz CT molecular complexity index is 1270. The van der Waals surface area contributed by atoms with Crippen molar-refractivity contribution in [3.63, 3.8) is 0 Å². The minimum atomic E-state index is -0.965. The SMILES string of the molecule is O=C(O)COc1cccc2c1CCC(C=Cc1cc(C(c3ccccc3)c3ccccc3)on1)C2. The van der Waals surface area contributed by atoms with Gasteiger partial charge in [0.05, 0.1) is 5.92 Å². The van der Waals surface area contributed by atoms with E-state index in [4.69, 9.17) is 14.4 Å². The number of nitrogens with zero attached hydrogens (tertiary/aromatic N) is 1. The van der Waals surface area contributed by atoms with Crippen molar-refractivity contribution in [3.8, 4) is 5.75 Å². The molecule has 5 nitrogen and oxygen atoms in total. The van der Waals surface area contributed by atoms with Crippen LogP contribution in [0, 0.1) is 5.92 Å². The summed E-state index contributed by atoms with van der Waals surface area (Å²) in [5.41, 5.74) is 5.46. The second-order valence-electron chi connectivity index (χ2n) is 8.85. The third-order valence-corrected chi connectivity index (χ3v) is 6.46. The van der Waals surface area contributed by atoms with Crippen LogP contribution in [-0.4, -0.2) is 22.8 Å². The number of hydrogen-bond acceptors (Lipinski definition) is 4. The lowest BCUT2D eigenvalue weighted by molar-refractivity contribution is -0.139. The summed E-state index contributed by atoms with van der Waals surface area (Å²) in [6.07, 6.45) is 6.96. The Morgan fingerprint density at radius 3 is 2.43 bits per heavy atom. The van der Waals surface area contributed by atoms with Gasteiger partial charge in [-0.15, -0.1) is 0 Å². The van der Waals surface area contributed by atoms with Crippen LogP contribution in [-0.2, 0) is 17.6 Å². The Hall–Kier alpha value is -4.12. The van der Waals surface area contributed by atoms with Crippen LogP contribution in [0.15, 0.2) is 95.5 Å². The molecule has 0 spiro atoms. The molecule has 35 heavy (non-hydrogen) atoms. The van der Waals surface area contributed by atoms with Gasteiger partial charge >= 0.3 is 5.97 Å². The Labute approximate surface area is 204 Å². The van der Waals surface area contributed by atoms with Crippen molar-refractivity contribution >= 4 is 12.0 Å². The van der Waals surface area contributed by atoms with Gasteiger partial charge in [-0.25, -0.2) is 4.79 Å². The van der Waals surface area contributed by atoms with E-state index in [0.717, 1.165) is 47.4 Å². The van der Waals surface area contributed by atoms with E-state index in [9.17, 15) is 4.79 Å². The summed E-state index contributed by atoms with van der Waals surface area (Å²) in [6.45, 7) is -0.318. The van der Waals surface area contributed by atoms with Crippen molar-refractivity contribution < 1.29 is 19.2 Å². The molecule has 1 aromatic heterocycles. The number of carbonyl (C=O) groups is 1.